The summed E-state index contributed by atoms with van der Waals surface area (Å²) in [6.07, 6.45) is 0. The molecule has 0 heterocycles. The fourth-order valence-electron chi connectivity index (χ4n) is 1.33. The lowest BCUT2D eigenvalue weighted by Gasteiger charge is -2.17. The molecule has 0 aromatic heterocycles. The summed E-state index contributed by atoms with van der Waals surface area (Å²) in [5, 5.41) is 1.17. The first kappa shape index (κ1) is 11.5. The molecule has 0 saturated carbocycles. The van der Waals surface area contributed by atoms with Gasteiger partial charge in [0.1, 0.15) is 5.75 Å². The Kier molecular flexibility index (Phi) is 3.68. The van der Waals surface area contributed by atoms with Crippen molar-refractivity contribution in [2.24, 2.45) is 0 Å². The van der Waals surface area contributed by atoms with Crippen molar-refractivity contribution in [3.63, 3.8) is 0 Å². The highest BCUT2D eigenvalue weighted by atomic mass is 16.7. The molecule has 4 heteroatoms. The first-order chi connectivity index (χ1) is 7.11. The summed E-state index contributed by atoms with van der Waals surface area (Å²) in [5.41, 5.74) is 1.40. The fraction of sp³-hybridized carbons (Fsp3) is 0.364. The minimum atomic E-state index is -0.215. The van der Waals surface area contributed by atoms with Gasteiger partial charge in [0.15, 0.2) is 0 Å². The molecule has 82 valence electrons. The summed E-state index contributed by atoms with van der Waals surface area (Å²) >= 11 is 0. The zero-order valence-electron chi connectivity index (χ0n) is 9.40. The molecule has 0 bridgehead atoms. The molecule has 1 rings (SSSR count). The summed E-state index contributed by atoms with van der Waals surface area (Å²) in [6.45, 7) is 1.86. The molecule has 0 atom stereocenters. The standard InChI is InChI=1S/C11H15NO3/c1-8-6-5-7-9(14-3)10(8)11(13)12(2)15-4/h5-7H,1-4H3. The number of ether oxygens (including phenoxy) is 1. The molecule has 1 amide bonds. The highest BCUT2D eigenvalue weighted by Crippen LogP contribution is 2.22. The van der Waals surface area contributed by atoms with E-state index in [4.69, 9.17) is 9.57 Å². The lowest BCUT2D eigenvalue weighted by Crippen LogP contribution is -2.26. The number of hydrogen-bond donors (Lipinski definition) is 0. The lowest BCUT2D eigenvalue weighted by molar-refractivity contribution is -0.0758. The number of hydrogen-bond acceptors (Lipinski definition) is 3. The Morgan fingerprint density at radius 1 is 1.33 bits per heavy atom. The number of aryl methyl sites for hydroxylation is 1. The fourth-order valence-corrected chi connectivity index (χ4v) is 1.33. The van der Waals surface area contributed by atoms with Gasteiger partial charge in [-0.15, -0.1) is 0 Å². The number of benzene rings is 1. The van der Waals surface area contributed by atoms with Crippen molar-refractivity contribution in [3.8, 4) is 5.75 Å². The average Bonchev–Trinajstić information content (AvgIpc) is 2.26. The third kappa shape index (κ3) is 2.27. The molecule has 0 saturated heterocycles. The van der Waals surface area contributed by atoms with E-state index in [1.54, 1.807) is 20.2 Å². The number of hydroxylamine groups is 2. The van der Waals surface area contributed by atoms with Gasteiger partial charge in [-0.3, -0.25) is 9.63 Å². The largest absolute Gasteiger partial charge is 0.496 e. The van der Waals surface area contributed by atoms with Crippen LogP contribution >= 0.6 is 0 Å². The molecule has 15 heavy (non-hydrogen) atoms. The zero-order valence-corrected chi connectivity index (χ0v) is 9.40. The quantitative estimate of drug-likeness (QED) is 0.710. The third-order valence-electron chi connectivity index (χ3n) is 2.23. The van der Waals surface area contributed by atoms with Crippen molar-refractivity contribution < 1.29 is 14.4 Å². The third-order valence-corrected chi connectivity index (χ3v) is 2.23. The predicted octanol–water partition coefficient (Wildman–Crippen LogP) is 1.64. The second-order valence-corrected chi connectivity index (χ2v) is 3.14. The Bertz CT molecular complexity index is 363. The summed E-state index contributed by atoms with van der Waals surface area (Å²) < 4.78 is 5.14. The van der Waals surface area contributed by atoms with Crippen molar-refractivity contribution in [2.45, 2.75) is 6.92 Å². The van der Waals surface area contributed by atoms with E-state index in [9.17, 15) is 4.79 Å². The molecule has 0 radical (unpaired) electrons. The average molecular weight is 209 g/mol. The van der Waals surface area contributed by atoms with Crippen LogP contribution in [0.4, 0.5) is 0 Å². The summed E-state index contributed by atoms with van der Waals surface area (Å²) in [5.74, 6) is 0.344. The van der Waals surface area contributed by atoms with Crippen molar-refractivity contribution in [3.05, 3.63) is 29.3 Å². The molecule has 0 spiro atoms. The second kappa shape index (κ2) is 4.79. The van der Waals surface area contributed by atoms with Gasteiger partial charge in [0.2, 0.25) is 0 Å². The Labute approximate surface area is 89.4 Å². The monoisotopic (exact) mass is 209 g/mol. The van der Waals surface area contributed by atoms with Crippen LogP contribution in [-0.2, 0) is 4.84 Å². The number of methoxy groups -OCH3 is 1. The van der Waals surface area contributed by atoms with E-state index >= 15 is 0 Å². The van der Waals surface area contributed by atoms with Crippen molar-refractivity contribution in [1.82, 2.24) is 5.06 Å². The summed E-state index contributed by atoms with van der Waals surface area (Å²) in [6, 6.07) is 5.46. The molecule has 1 aromatic carbocycles. The Balaban J connectivity index is 3.17. The molecular formula is C11H15NO3. The molecule has 0 aliphatic carbocycles. The van der Waals surface area contributed by atoms with Crippen LogP contribution in [0.2, 0.25) is 0 Å². The molecular weight excluding hydrogens is 194 g/mol. The molecule has 0 aliphatic rings. The molecule has 0 unspecified atom stereocenters. The van der Waals surface area contributed by atoms with E-state index in [1.165, 1.54) is 12.2 Å². The number of carbonyl (C=O) groups excluding carboxylic acids is 1. The Hall–Kier alpha value is -1.55. The van der Waals surface area contributed by atoms with Gasteiger partial charge in [-0.25, -0.2) is 5.06 Å². The van der Waals surface area contributed by atoms with Crippen LogP contribution in [0.15, 0.2) is 18.2 Å². The predicted molar refractivity (Wildman–Crippen MR) is 56.8 cm³/mol. The van der Waals surface area contributed by atoms with Gasteiger partial charge in [-0.05, 0) is 18.6 Å². The van der Waals surface area contributed by atoms with Gasteiger partial charge < -0.3 is 4.74 Å². The van der Waals surface area contributed by atoms with Crippen LogP contribution < -0.4 is 4.74 Å². The van der Waals surface area contributed by atoms with Gasteiger partial charge in [0.05, 0.1) is 19.8 Å². The molecule has 1 aromatic rings. The maximum Gasteiger partial charge on any atom is 0.281 e. The van der Waals surface area contributed by atoms with E-state index in [2.05, 4.69) is 0 Å². The Morgan fingerprint density at radius 3 is 2.53 bits per heavy atom. The van der Waals surface area contributed by atoms with Crippen LogP contribution in [0.5, 0.6) is 5.75 Å². The van der Waals surface area contributed by atoms with E-state index in [1.807, 2.05) is 19.1 Å². The van der Waals surface area contributed by atoms with Crippen molar-refractivity contribution >= 4 is 5.91 Å². The van der Waals surface area contributed by atoms with Crippen LogP contribution in [-0.4, -0.2) is 32.2 Å². The first-order valence-corrected chi connectivity index (χ1v) is 4.57. The van der Waals surface area contributed by atoms with Crippen LogP contribution in [0.25, 0.3) is 0 Å². The number of rotatable bonds is 3. The van der Waals surface area contributed by atoms with E-state index in [0.29, 0.717) is 11.3 Å². The van der Waals surface area contributed by atoms with Crippen LogP contribution in [0.3, 0.4) is 0 Å². The summed E-state index contributed by atoms with van der Waals surface area (Å²) in [7, 11) is 4.55. The van der Waals surface area contributed by atoms with Gasteiger partial charge in [-0.2, -0.15) is 0 Å². The smallest absolute Gasteiger partial charge is 0.281 e. The van der Waals surface area contributed by atoms with Gasteiger partial charge in [0, 0.05) is 7.05 Å². The number of carbonyl (C=O) groups is 1. The zero-order chi connectivity index (χ0) is 11.4. The highest BCUT2D eigenvalue weighted by molar-refractivity contribution is 5.97. The van der Waals surface area contributed by atoms with Gasteiger partial charge in [-0.1, -0.05) is 12.1 Å². The van der Waals surface area contributed by atoms with E-state index in [-0.39, 0.29) is 5.91 Å². The van der Waals surface area contributed by atoms with Crippen LogP contribution in [0, 0.1) is 6.92 Å². The second-order valence-electron chi connectivity index (χ2n) is 3.14. The molecule has 0 N–H and O–H groups in total. The van der Waals surface area contributed by atoms with E-state index in [0.717, 1.165) is 5.56 Å². The van der Waals surface area contributed by atoms with Gasteiger partial charge >= 0.3 is 0 Å². The molecule has 4 nitrogen and oxygen atoms in total. The SMILES string of the molecule is COc1cccc(C)c1C(=O)N(C)OC. The first-order valence-electron chi connectivity index (χ1n) is 4.57. The topological polar surface area (TPSA) is 38.8 Å². The normalized spacial score (nSPS) is 9.87. The highest BCUT2D eigenvalue weighted by Gasteiger charge is 2.18. The van der Waals surface area contributed by atoms with Crippen molar-refractivity contribution in [1.29, 1.82) is 0 Å². The minimum absolute atomic E-state index is 0.215. The minimum Gasteiger partial charge on any atom is -0.496 e. The van der Waals surface area contributed by atoms with E-state index < -0.39 is 0 Å². The van der Waals surface area contributed by atoms with Crippen LogP contribution in [0.1, 0.15) is 15.9 Å². The maximum atomic E-state index is 11.9. The van der Waals surface area contributed by atoms with Crippen molar-refractivity contribution in [2.75, 3.05) is 21.3 Å². The number of nitrogens with zero attached hydrogens (tertiary/aromatic N) is 1. The molecule has 0 aliphatic heterocycles. The maximum absolute atomic E-state index is 11.9. The lowest BCUT2D eigenvalue weighted by atomic mass is 10.1. The number of amides is 1. The summed E-state index contributed by atoms with van der Waals surface area (Å²) in [4.78, 5) is 16.7. The van der Waals surface area contributed by atoms with Gasteiger partial charge in [0.25, 0.3) is 5.91 Å². The molecule has 0 fully saturated rings. The Morgan fingerprint density at radius 2 is 2.00 bits per heavy atom.